The molecule has 3 rings (SSSR count). The average Bonchev–Trinajstić information content (AvgIpc) is 2.81. The molecule has 0 atom stereocenters. The van der Waals surface area contributed by atoms with Gasteiger partial charge in [0.2, 0.25) is 0 Å². The Morgan fingerprint density at radius 3 is 2.30 bits per heavy atom. The van der Waals surface area contributed by atoms with E-state index in [2.05, 4.69) is 15.8 Å². The van der Waals surface area contributed by atoms with Gasteiger partial charge in [-0.25, -0.2) is 14.6 Å². The number of esters is 1. The van der Waals surface area contributed by atoms with Gasteiger partial charge in [-0.1, -0.05) is 11.6 Å². The molecule has 0 radical (unpaired) electrons. The standard InChI is InChI=1S/C23H17ClFN3O5/c1-32-20-12-14(2-11-19(20)33-23(31)15-3-5-16(24)6-4-15)13-26-28-22(30)21(29)27-18-9-7-17(25)8-10-18/h2-13H,1H3,(H,27,29)(H,28,30). The molecule has 0 unspecified atom stereocenters. The highest BCUT2D eigenvalue weighted by Gasteiger charge is 2.14. The molecule has 0 bridgehead atoms. The highest BCUT2D eigenvalue weighted by atomic mass is 35.5. The number of carbonyl (C=O) groups excluding carboxylic acids is 3. The molecule has 0 heterocycles. The summed E-state index contributed by atoms with van der Waals surface area (Å²) in [6.45, 7) is 0. The van der Waals surface area contributed by atoms with Gasteiger partial charge in [0.25, 0.3) is 0 Å². The Balaban J connectivity index is 1.59. The van der Waals surface area contributed by atoms with Crippen LogP contribution in [-0.4, -0.2) is 31.1 Å². The molecule has 0 fully saturated rings. The summed E-state index contributed by atoms with van der Waals surface area (Å²) in [5.41, 5.74) is 3.15. The van der Waals surface area contributed by atoms with E-state index in [1.54, 1.807) is 18.2 Å². The molecule has 3 aromatic rings. The van der Waals surface area contributed by atoms with E-state index in [1.165, 1.54) is 49.7 Å². The van der Waals surface area contributed by atoms with E-state index in [4.69, 9.17) is 21.1 Å². The van der Waals surface area contributed by atoms with Gasteiger partial charge in [-0.2, -0.15) is 5.10 Å². The molecular weight excluding hydrogens is 453 g/mol. The predicted octanol–water partition coefficient (Wildman–Crippen LogP) is 3.80. The summed E-state index contributed by atoms with van der Waals surface area (Å²) in [5, 5.41) is 6.52. The van der Waals surface area contributed by atoms with Crippen molar-refractivity contribution in [3.8, 4) is 11.5 Å². The van der Waals surface area contributed by atoms with Crippen LogP contribution in [0, 0.1) is 5.82 Å². The van der Waals surface area contributed by atoms with Gasteiger partial charge < -0.3 is 14.8 Å². The van der Waals surface area contributed by atoms with Crippen LogP contribution >= 0.6 is 11.6 Å². The van der Waals surface area contributed by atoms with Crippen LogP contribution < -0.4 is 20.2 Å². The number of benzene rings is 3. The molecule has 0 spiro atoms. The molecule has 0 saturated heterocycles. The van der Waals surface area contributed by atoms with Crippen LogP contribution in [0.25, 0.3) is 0 Å². The maximum atomic E-state index is 12.9. The van der Waals surface area contributed by atoms with Crippen molar-refractivity contribution in [2.75, 3.05) is 12.4 Å². The zero-order chi connectivity index (χ0) is 23.8. The number of carbonyl (C=O) groups is 3. The first-order valence-electron chi connectivity index (χ1n) is 9.41. The lowest BCUT2D eigenvalue weighted by atomic mass is 10.2. The zero-order valence-electron chi connectivity index (χ0n) is 17.2. The van der Waals surface area contributed by atoms with Crippen LogP contribution in [0.2, 0.25) is 5.02 Å². The van der Waals surface area contributed by atoms with Crippen molar-refractivity contribution in [3.05, 3.63) is 88.7 Å². The first kappa shape index (κ1) is 23.4. The monoisotopic (exact) mass is 469 g/mol. The number of hydrogen-bond donors (Lipinski definition) is 2. The van der Waals surface area contributed by atoms with Crippen molar-refractivity contribution >= 4 is 41.3 Å². The fourth-order valence-corrected chi connectivity index (χ4v) is 2.66. The Kier molecular flexibility index (Phi) is 7.72. The third-order valence-corrected chi connectivity index (χ3v) is 4.41. The van der Waals surface area contributed by atoms with Crippen LogP contribution in [0.3, 0.4) is 0 Å². The van der Waals surface area contributed by atoms with E-state index in [1.807, 2.05) is 0 Å². The smallest absolute Gasteiger partial charge is 0.343 e. The Bertz CT molecular complexity index is 1200. The number of hydrogen-bond acceptors (Lipinski definition) is 6. The molecule has 168 valence electrons. The summed E-state index contributed by atoms with van der Waals surface area (Å²) in [4.78, 5) is 36.0. The molecular formula is C23H17ClFN3O5. The maximum absolute atomic E-state index is 12.9. The van der Waals surface area contributed by atoms with Crippen molar-refractivity contribution < 1.29 is 28.2 Å². The minimum absolute atomic E-state index is 0.178. The van der Waals surface area contributed by atoms with E-state index in [9.17, 15) is 18.8 Å². The molecule has 8 nitrogen and oxygen atoms in total. The summed E-state index contributed by atoms with van der Waals surface area (Å²) < 4.78 is 23.5. The molecule has 33 heavy (non-hydrogen) atoms. The van der Waals surface area contributed by atoms with Gasteiger partial charge in [0, 0.05) is 10.7 Å². The first-order valence-corrected chi connectivity index (χ1v) is 9.79. The predicted molar refractivity (Wildman–Crippen MR) is 120 cm³/mol. The lowest BCUT2D eigenvalue weighted by Gasteiger charge is -2.10. The summed E-state index contributed by atoms with van der Waals surface area (Å²) in [7, 11) is 1.40. The molecule has 2 amide bonds. The van der Waals surface area contributed by atoms with Gasteiger partial charge in [0.1, 0.15) is 5.82 Å². The minimum Gasteiger partial charge on any atom is -0.493 e. The number of amides is 2. The Hall–Kier alpha value is -4.24. The summed E-state index contributed by atoms with van der Waals surface area (Å²) in [6, 6.07) is 15.7. The van der Waals surface area contributed by atoms with Crippen LogP contribution in [0.5, 0.6) is 11.5 Å². The topological polar surface area (TPSA) is 106 Å². The summed E-state index contributed by atoms with van der Waals surface area (Å²) in [6.07, 6.45) is 1.27. The number of rotatable bonds is 6. The second kappa shape index (κ2) is 10.9. The molecule has 2 N–H and O–H groups in total. The molecule has 0 aromatic heterocycles. The summed E-state index contributed by atoms with van der Waals surface area (Å²) in [5.74, 6) is -2.62. The van der Waals surface area contributed by atoms with E-state index >= 15 is 0 Å². The normalized spacial score (nSPS) is 10.5. The third-order valence-electron chi connectivity index (χ3n) is 4.16. The Morgan fingerprint density at radius 1 is 0.939 bits per heavy atom. The van der Waals surface area contributed by atoms with Crippen LogP contribution in [0.15, 0.2) is 71.8 Å². The Labute approximate surface area is 193 Å². The number of nitrogens with zero attached hydrogens (tertiary/aromatic N) is 1. The van der Waals surface area contributed by atoms with Gasteiger partial charge in [0.15, 0.2) is 11.5 Å². The van der Waals surface area contributed by atoms with Gasteiger partial charge in [-0.05, 0) is 72.3 Å². The van der Waals surface area contributed by atoms with Crippen molar-refractivity contribution in [1.29, 1.82) is 0 Å². The maximum Gasteiger partial charge on any atom is 0.343 e. The lowest BCUT2D eigenvalue weighted by molar-refractivity contribution is -0.136. The highest BCUT2D eigenvalue weighted by molar-refractivity contribution is 6.39. The fraction of sp³-hybridized carbons (Fsp3) is 0.0435. The van der Waals surface area contributed by atoms with Crippen LogP contribution in [0.4, 0.5) is 10.1 Å². The second-order valence-electron chi connectivity index (χ2n) is 6.47. The number of anilines is 1. The summed E-state index contributed by atoms with van der Waals surface area (Å²) >= 11 is 5.82. The average molecular weight is 470 g/mol. The van der Waals surface area contributed by atoms with Gasteiger partial charge in [0.05, 0.1) is 18.9 Å². The van der Waals surface area contributed by atoms with Crippen LogP contribution in [0.1, 0.15) is 15.9 Å². The van der Waals surface area contributed by atoms with Gasteiger partial charge in [-0.15, -0.1) is 0 Å². The molecule has 0 aliphatic rings. The molecule has 0 saturated carbocycles. The number of ether oxygens (including phenoxy) is 2. The van der Waals surface area contributed by atoms with Gasteiger partial charge >= 0.3 is 17.8 Å². The fourth-order valence-electron chi connectivity index (χ4n) is 2.53. The van der Waals surface area contributed by atoms with Crippen LogP contribution in [-0.2, 0) is 9.59 Å². The van der Waals surface area contributed by atoms with Gasteiger partial charge in [-0.3, -0.25) is 9.59 Å². The number of nitrogens with one attached hydrogen (secondary N) is 2. The lowest BCUT2D eigenvalue weighted by Crippen LogP contribution is -2.32. The second-order valence-corrected chi connectivity index (χ2v) is 6.90. The van der Waals surface area contributed by atoms with E-state index in [-0.39, 0.29) is 17.2 Å². The molecule has 0 aliphatic carbocycles. The number of halogens is 2. The third kappa shape index (κ3) is 6.62. The SMILES string of the molecule is COc1cc(C=NNC(=O)C(=O)Nc2ccc(F)cc2)ccc1OC(=O)c1ccc(Cl)cc1. The zero-order valence-corrected chi connectivity index (χ0v) is 17.9. The number of hydrazone groups is 1. The van der Waals surface area contributed by atoms with E-state index in [0.29, 0.717) is 16.1 Å². The van der Waals surface area contributed by atoms with Crippen molar-refractivity contribution in [1.82, 2.24) is 5.43 Å². The quantitative estimate of drug-likeness (QED) is 0.188. The van der Waals surface area contributed by atoms with Crippen molar-refractivity contribution in [2.45, 2.75) is 0 Å². The molecule has 10 heteroatoms. The Morgan fingerprint density at radius 2 is 1.64 bits per heavy atom. The molecule has 3 aromatic carbocycles. The minimum atomic E-state index is -1.02. The van der Waals surface area contributed by atoms with Crippen molar-refractivity contribution in [2.24, 2.45) is 5.10 Å². The highest BCUT2D eigenvalue weighted by Crippen LogP contribution is 2.28. The molecule has 0 aliphatic heterocycles. The number of methoxy groups -OCH3 is 1. The largest absolute Gasteiger partial charge is 0.493 e. The first-order chi connectivity index (χ1) is 15.9. The van der Waals surface area contributed by atoms with E-state index in [0.717, 1.165) is 12.1 Å². The van der Waals surface area contributed by atoms with E-state index < -0.39 is 23.6 Å². The van der Waals surface area contributed by atoms with Crippen molar-refractivity contribution in [3.63, 3.8) is 0 Å².